The van der Waals surface area contributed by atoms with E-state index in [4.69, 9.17) is 29.0 Å². The number of benzene rings is 1. The molecule has 13 heteroatoms. The third-order valence-corrected chi connectivity index (χ3v) is 7.19. The van der Waals surface area contributed by atoms with Crippen molar-refractivity contribution in [1.82, 2.24) is 30.6 Å². The van der Waals surface area contributed by atoms with Gasteiger partial charge in [-0.05, 0) is 49.8 Å². The summed E-state index contributed by atoms with van der Waals surface area (Å²) < 4.78 is 1.21. The smallest absolute Gasteiger partial charge is 0.335 e. The Bertz CT molecular complexity index is 1080. The second kappa shape index (κ2) is 8.80. The van der Waals surface area contributed by atoms with Gasteiger partial charge in [0, 0.05) is 10.6 Å². The number of hydrogen-bond acceptors (Lipinski definition) is 7. The van der Waals surface area contributed by atoms with Crippen molar-refractivity contribution in [3.05, 3.63) is 28.2 Å². The third-order valence-electron chi connectivity index (χ3n) is 5.70. The Hall–Kier alpha value is -2.50. The van der Waals surface area contributed by atoms with Gasteiger partial charge in [-0.1, -0.05) is 41.9 Å². The van der Waals surface area contributed by atoms with Crippen molar-refractivity contribution < 1.29 is 14.4 Å². The van der Waals surface area contributed by atoms with Gasteiger partial charge in [0.05, 0.1) is 10.8 Å². The van der Waals surface area contributed by atoms with Crippen LogP contribution in [-0.4, -0.2) is 49.0 Å². The first-order valence-corrected chi connectivity index (χ1v) is 11.7. The van der Waals surface area contributed by atoms with Crippen LogP contribution in [0, 0.1) is 5.92 Å². The van der Waals surface area contributed by atoms with E-state index in [0.29, 0.717) is 40.2 Å². The molecule has 0 bridgehead atoms. The molecule has 2 aliphatic rings. The minimum Gasteiger partial charge on any atom is -0.335 e. The first-order chi connectivity index (χ1) is 15.2. The number of aromatic nitrogens is 3. The first-order valence-electron chi connectivity index (χ1n) is 9.95. The molecule has 2 fully saturated rings. The van der Waals surface area contributed by atoms with Crippen LogP contribution in [-0.2, 0) is 9.59 Å². The molecule has 32 heavy (non-hydrogen) atoms. The average Bonchev–Trinajstić information content (AvgIpc) is 3.21. The Morgan fingerprint density at radius 3 is 2.72 bits per heavy atom. The van der Waals surface area contributed by atoms with E-state index in [1.807, 2.05) is 0 Å². The van der Waals surface area contributed by atoms with Crippen molar-refractivity contribution >= 4 is 52.8 Å². The number of carbonyl (C=O) groups is 3. The predicted octanol–water partition coefficient (Wildman–Crippen LogP) is 2.59. The van der Waals surface area contributed by atoms with Gasteiger partial charge in [0.15, 0.2) is 5.82 Å². The number of halogens is 2. The number of hydrazine groups is 1. The third kappa shape index (κ3) is 4.24. The van der Waals surface area contributed by atoms with Crippen LogP contribution in [0.25, 0.3) is 11.4 Å². The fraction of sp³-hybridized carbons (Fsp3) is 0.421. The van der Waals surface area contributed by atoms with Crippen molar-refractivity contribution in [1.29, 1.82) is 0 Å². The maximum Gasteiger partial charge on any atom is 0.344 e. The number of nitrogens with zero attached hydrogens (tertiary/aromatic N) is 4. The molecular weight excluding hydrogens is 477 g/mol. The number of hydrogen-bond donors (Lipinski definition) is 3. The van der Waals surface area contributed by atoms with E-state index in [9.17, 15) is 14.4 Å². The number of urea groups is 1. The summed E-state index contributed by atoms with van der Waals surface area (Å²) in [4.78, 5) is 37.6. The van der Waals surface area contributed by atoms with Crippen LogP contribution in [0.2, 0.25) is 10.0 Å². The largest absolute Gasteiger partial charge is 0.344 e. The van der Waals surface area contributed by atoms with Crippen molar-refractivity contribution in [2.45, 2.75) is 43.3 Å². The van der Waals surface area contributed by atoms with E-state index in [0.717, 1.165) is 29.6 Å². The lowest BCUT2D eigenvalue weighted by Crippen LogP contribution is -2.51. The number of rotatable bonds is 5. The number of nitrogens with one attached hydrogen (secondary N) is 2. The lowest BCUT2D eigenvalue weighted by atomic mass is 9.77. The monoisotopic (exact) mass is 497 g/mol. The molecule has 1 aliphatic heterocycles. The molecule has 4 N–H and O–H groups in total. The van der Waals surface area contributed by atoms with Gasteiger partial charge in [0.25, 0.3) is 5.91 Å². The number of carbonyl (C=O) groups excluding carboxylic acids is 3. The molecule has 10 nitrogen and oxygen atoms in total. The van der Waals surface area contributed by atoms with Gasteiger partial charge < -0.3 is 11.2 Å². The highest BCUT2D eigenvalue weighted by atomic mass is 35.5. The standard InChI is InChI=1S/C19H21Cl2N7O3S/c1-10-4-6-19(7-5-10)16(30)28(17(31)23-19)26-14(29)9-32-18-25-24-15(27(18)22)12-3-2-11(20)8-13(12)21/h2-3,8,10H,4-7,9,22H2,1H3,(H,23,31)(H,26,29). The molecule has 1 saturated heterocycles. The quantitative estimate of drug-likeness (QED) is 0.328. The van der Waals surface area contributed by atoms with Crippen molar-refractivity contribution in [3.8, 4) is 11.4 Å². The topological polar surface area (TPSA) is 135 Å². The average molecular weight is 498 g/mol. The fourth-order valence-corrected chi connectivity index (χ4v) is 4.97. The van der Waals surface area contributed by atoms with Crippen LogP contribution in [0.4, 0.5) is 4.79 Å². The molecular formula is C19H21Cl2N7O3S. The van der Waals surface area contributed by atoms with Crippen LogP contribution in [0.1, 0.15) is 32.6 Å². The predicted molar refractivity (Wildman–Crippen MR) is 120 cm³/mol. The Morgan fingerprint density at radius 1 is 1.31 bits per heavy atom. The maximum absolute atomic E-state index is 12.8. The van der Waals surface area contributed by atoms with Gasteiger partial charge in [0.2, 0.25) is 11.1 Å². The summed E-state index contributed by atoms with van der Waals surface area (Å²) in [5.74, 6) is 5.77. The molecule has 1 aliphatic carbocycles. The maximum atomic E-state index is 12.8. The Balaban J connectivity index is 1.38. The molecule has 0 atom stereocenters. The highest BCUT2D eigenvalue weighted by molar-refractivity contribution is 7.99. The number of amides is 4. The minimum absolute atomic E-state index is 0.134. The number of imide groups is 1. The summed E-state index contributed by atoms with van der Waals surface area (Å²) >= 11 is 13.1. The molecule has 4 rings (SSSR count). The molecule has 1 spiro atoms. The zero-order chi connectivity index (χ0) is 23.0. The van der Waals surface area contributed by atoms with Gasteiger partial charge in [-0.3, -0.25) is 15.0 Å². The summed E-state index contributed by atoms with van der Waals surface area (Å²) in [5.41, 5.74) is 2.00. The molecule has 1 aromatic carbocycles. The Kier molecular flexibility index (Phi) is 6.24. The lowest BCUT2D eigenvalue weighted by Gasteiger charge is -2.33. The SMILES string of the molecule is CC1CCC2(CC1)NC(=O)N(NC(=O)CSc1nnc(-c3ccc(Cl)cc3Cl)n1N)C2=O. The summed E-state index contributed by atoms with van der Waals surface area (Å²) in [7, 11) is 0. The Labute approximate surface area is 198 Å². The first kappa shape index (κ1) is 22.7. The van der Waals surface area contributed by atoms with Crippen LogP contribution >= 0.6 is 35.0 Å². The molecule has 0 unspecified atom stereocenters. The van der Waals surface area contributed by atoms with E-state index < -0.39 is 23.4 Å². The van der Waals surface area contributed by atoms with E-state index in [2.05, 4.69) is 27.9 Å². The summed E-state index contributed by atoms with van der Waals surface area (Å²) in [6.07, 6.45) is 2.81. The lowest BCUT2D eigenvalue weighted by molar-refractivity contribution is -0.139. The normalized spacial score (nSPS) is 23.0. The van der Waals surface area contributed by atoms with Gasteiger partial charge in [-0.2, -0.15) is 5.01 Å². The summed E-state index contributed by atoms with van der Waals surface area (Å²) in [6, 6.07) is 4.25. The van der Waals surface area contributed by atoms with Crippen LogP contribution in [0.15, 0.2) is 23.4 Å². The summed E-state index contributed by atoms with van der Waals surface area (Å²) in [6.45, 7) is 2.12. The molecule has 2 aromatic rings. The molecule has 4 amide bonds. The van der Waals surface area contributed by atoms with Crippen LogP contribution in [0.3, 0.4) is 0 Å². The van der Waals surface area contributed by atoms with Crippen LogP contribution < -0.4 is 16.6 Å². The van der Waals surface area contributed by atoms with Crippen molar-refractivity contribution in [2.24, 2.45) is 5.92 Å². The Morgan fingerprint density at radius 2 is 2.03 bits per heavy atom. The molecule has 1 aromatic heterocycles. The zero-order valence-electron chi connectivity index (χ0n) is 17.1. The zero-order valence-corrected chi connectivity index (χ0v) is 19.4. The minimum atomic E-state index is -0.922. The summed E-state index contributed by atoms with van der Waals surface area (Å²) in [5, 5.41) is 12.6. The van der Waals surface area contributed by atoms with E-state index in [1.165, 1.54) is 4.68 Å². The number of thioether (sulfide) groups is 1. The number of nitrogen functional groups attached to an aromatic ring is 1. The highest BCUT2D eigenvalue weighted by Crippen LogP contribution is 2.36. The second-order valence-corrected chi connectivity index (χ2v) is 9.75. The van der Waals surface area contributed by atoms with Crippen molar-refractivity contribution in [2.75, 3.05) is 11.6 Å². The molecule has 170 valence electrons. The van der Waals surface area contributed by atoms with Crippen molar-refractivity contribution in [3.63, 3.8) is 0 Å². The van der Waals surface area contributed by atoms with Gasteiger partial charge >= 0.3 is 6.03 Å². The second-order valence-electron chi connectivity index (χ2n) is 7.96. The van der Waals surface area contributed by atoms with E-state index in [1.54, 1.807) is 18.2 Å². The van der Waals surface area contributed by atoms with E-state index in [-0.39, 0.29) is 10.9 Å². The highest BCUT2D eigenvalue weighted by Gasteiger charge is 2.52. The molecule has 1 saturated carbocycles. The fourth-order valence-electron chi connectivity index (χ4n) is 3.83. The van der Waals surface area contributed by atoms with Gasteiger partial charge in [-0.15, -0.1) is 10.2 Å². The van der Waals surface area contributed by atoms with Gasteiger partial charge in [0.1, 0.15) is 5.54 Å². The van der Waals surface area contributed by atoms with Gasteiger partial charge in [-0.25, -0.2) is 9.47 Å². The molecule has 2 heterocycles. The van der Waals surface area contributed by atoms with Crippen LogP contribution in [0.5, 0.6) is 0 Å². The number of nitrogens with two attached hydrogens (primary N) is 1. The van der Waals surface area contributed by atoms with E-state index >= 15 is 0 Å². The molecule has 0 radical (unpaired) electrons.